The molecule has 0 amide bonds. The van der Waals surface area contributed by atoms with Crippen molar-refractivity contribution >= 4 is 12.1 Å². The molecule has 0 N–H and O–H groups in total. The van der Waals surface area contributed by atoms with Gasteiger partial charge in [0, 0.05) is 13.1 Å². The number of hydrogen-bond donors (Lipinski definition) is 0. The Balaban J connectivity index is 1.90. The topological polar surface area (TPSA) is 37.4 Å². The summed E-state index contributed by atoms with van der Waals surface area (Å²) in [6.45, 7) is 3.42. The summed E-state index contributed by atoms with van der Waals surface area (Å²) in [6.07, 6.45) is 0.439. The first-order chi connectivity index (χ1) is 10.2. The third-order valence-electron chi connectivity index (χ3n) is 3.98. The molecule has 3 nitrogen and oxygen atoms in total. The minimum atomic E-state index is -0.444. The summed E-state index contributed by atoms with van der Waals surface area (Å²) in [5.41, 5.74) is 4.45. The van der Waals surface area contributed by atoms with Gasteiger partial charge >= 0.3 is 0 Å². The summed E-state index contributed by atoms with van der Waals surface area (Å²) in [4.78, 5) is 25.1. The predicted octanol–water partition coefficient (Wildman–Crippen LogP) is 2.82. The number of rotatable bonds is 4. The van der Waals surface area contributed by atoms with E-state index in [-0.39, 0.29) is 5.78 Å². The lowest BCUT2D eigenvalue weighted by atomic mass is 10.0. The largest absolute Gasteiger partial charge is 0.295 e. The summed E-state index contributed by atoms with van der Waals surface area (Å²) < 4.78 is 0. The van der Waals surface area contributed by atoms with Gasteiger partial charge < -0.3 is 0 Å². The maximum atomic E-state index is 12.0. The van der Waals surface area contributed by atoms with Crippen LogP contribution in [0.5, 0.6) is 0 Å². The predicted molar refractivity (Wildman–Crippen MR) is 80.7 cm³/mol. The number of Topliss-reactive ketones (excluding diaryl/α,β-unsaturated/α-hetero) is 1. The van der Waals surface area contributed by atoms with Gasteiger partial charge in [-0.2, -0.15) is 0 Å². The maximum Gasteiger partial charge on any atom is 0.216 e. The third kappa shape index (κ3) is 2.65. The average molecular weight is 279 g/mol. The molecule has 1 aliphatic heterocycles. The van der Waals surface area contributed by atoms with E-state index in [9.17, 15) is 9.59 Å². The highest BCUT2D eigenvalue weighted by Gasteiger charge is 2.34. The highest BCUT2D eigenvalue weighted by atomic mass is 16.2. The Morgan fingerprint density at radius 1 is 1.19 bits per heavy atom. The first kappa shape index (κ1) is 13.7. The van der Waals surface area contributed by atoms with Crippen LogP contribution < -0.4 is 0 Å². The Kier molecular flexibility index (Phi) is 3.67. The Hall–Kier alpha value is -2.26. The zero-order valence-electron chi connectivity index (χ0n) is 12.0. The quantitative estimate of drug-likeness (QED) is 0.638. The van der Waals surface area contributed by atoms with Gasteiger partial charge in [0.05, 0.1) is 0 Å². The zero-order valence-corrected chi connectivity index (χ0v) is 12.0. The van der Waals surface area contributed by atoms with Crippen LogP contribution in [0.1, 0.15) is 28.3 Å². The van der Waals surface area contributed by atoms with Crippen molar-refractivity contribution in [2.24, 2.45) is 0 Å². The molecule has 2 aromatic carbocycles. The van der Waals surface area contributed by atoms with Crippen LogP contribution in [0.15, 0.2) is 48.5 Å². The molecule has 1 heterocycles. The second-order valence-electron chi connectivity index (χ2n) is 5.51. The summed E-state index contributed by atoms with van der Waals surface area (Å²) in [7, 11) is 0. The summed E-state index contributed by atoms with van der Waals surface area (Å²) in [6, 6.07) is 15.7. The van der Waals surface area contributed by atoms with Gasteiger partial charge in [0.25, 0.3) is 0 Å². The molecular weight excluding hydrogens is 262 g/mol. The molecule has 0 fully saturated rings. The van der Waals surface area contributed by atoms with Gasteiger partial charge in [0.2, 0.25) is 5.78 Å². The van der Waals surface area contributed by atoms with Gasteiger partial charge in [-0.05, 0) is 23.6 Å². The SMILES string of the molecule is Cc1ccc(CN2Cc3ccccc3C2C(=O)C=O)cc1. The van der Waals surface area contributed by atoms with E-state index in [4.69, 9.17) is 0 Å². The number of carbonyl (C=O) groups is 2. The second kappa shape index (κ2) is 5.62. The summed E-state index contributed by atoms with van der Waals surface area (Å²) in [5.74, 6) is -0.368. The monoisotopic (exact) mass is 279 g/mol. The van der Waals surface area contributed by atoms with Gasteiger partial charge in [-0.1, -0.05) is 54.1 Å². The second-order valence-corrected chi connectivity index (χ2v) is 5.51. The minimum absolute atomic E-state index is 0.368. The van der Waals surface area contributed by atoms with Crippen LogP contribution in [0.4, 0.5) is 0 Å². The number of carbonyl (C=O) groups excluding carboxylic acids is 2. The highest BCUT2D eigenvalue weighted by molar-refractivity contribution is 6.27. The van der Waals surface area contributed by atoms with E-state index in [1.54, 1.807) is 0 Å². The smallest absolute Gasteiger partial charge is 0.216 e. The Bertz CT molecular complexity index is 676. The Labute approximate surface area is 124 Å². The van der Waals surface area contributed by atoms with Crippen molar-refractivity contribution in [3.05, 3.63) is 70.8 Å². The van der Waals surface area contributed by atoms with Gasteiger partial charge in [0.1, 0.15) is 6.04 Å². The van der Waals surface area contributed by atoms with Crippen molar-refractivity contribution in [1.29, 1.82) is 0 Å². The fourth-order valence-corrected chi connectivity index (χ4v) is 2.92. The van der Waals surface area contributed by atoms with Gasteiger partial charge in [-0.25, -0.2) is 0 Å². The molecule has 0 spiro atoms. The summed E-state index contributed by atoms with van der Waals surface area (Å²) >= 11 is 0. The molecule has 106 valence electrons. The molecule has 0 saturated heterocycles. The number of nitrogens with zero attached hydrogens (tertiary/aromatic N) is 1. The Morgan fingerprint density at radius 3 is 2.62 bits per heavy atom. The van der Waals surface area contributed by atoms with Crippen LogP contribution in [0, 0.1) is 6.92 Å². The van der Waals surface area contributed by atoms with E-state index in [0.29, 0.717) is 19.4 Å². The van der Waals surface area contributed by atoms with Crippen molar-refractivity contribution in [2.75, 3.05) is 0 Å². The number of fused-ring (bicyclic) bond motifs is 1. The van der Waals surface area contributed by atoms with Gasteiger partial charge in [0.15, 0.2) is 6.29 Å². The van der Waals surface area contributed by atoms with Gasteiger partial charge in [-0.15, -0.1) is 0 Å². The number of hydrogen-bond acceptors (Lipinski definition) is 3. The lowest BCUT2D eigenvalue weighted by molar-refractivity contribution is -0.133. The van der Waals surface area contributed by atoms with Crippen LogP contribution in [0.25, 0.3) is 0 Å². The normalized spacial score (nSPS) is 17.5. The van der Waals surface area contributed by atoms with Crippen molar-refractivity contribution in [3.63, 3.8) is 0 Å². The molecule has 0 saturated carbocycles. The van der Waals surface area contributed by atoms with Crippen molar-refractivity contribution < 1.29 is 9.59 Å². The lowest BCUT2D eigenvalue weighted by Crippen LogP contribution is -2.28. The van der Waals surface area contributed by atoms with E-state index in [1.807, 2.05) is 31.2 Å². The molecule has 3 heteroatoms. The summed E-state index contributed by atoms with van der Waals surface area (Å²) in [5, 5.41) is 0. The van der Waals surface area contributed by atoms with Crippen LogP contribution >= 0.6 is 0 Å². The minimum Gasteiger partial charge on any atom is -0.295 e. The first-order valence-corrected chi connectivity index (χ1v) is 7.05. The van der Waals surface area contributed by atoms with Crippen molar-refractivity contribution in [1.82, 2.24) is 4.90 Å². The van der Waals surface area contributed by atoms with Crippen LogP contribution in [-0.2, 0) is 22.7 Å². The average Bonchev–Trinajstić information content (AvgIpc) is 2.86. The molecule has 21 heavy (non-hydrogen) atoms. The number of benzene rings is 2. The van der Waals surface area contributed by atoms with Crippen molar-refractivity contribution in [2.45, 2.75) is 26.1 Å². The molecule has 0 bridgehead atoms. The van der Waals surface area contributed by atoms with Crippen LogP contribution in [0.3, 0.4) is 0 Å². The van der Waals surface area contributed by atoms with Crippen molar-refractivity contribution in [3.8, 4) is 0 Å². The van der Waals surface area contributed by atoms with E-state index in [2.05, 4.69) is 29.2 Å². The number of aryl methyl sites for hydroxylation is 1. The molecule has 1 unspecified atom stereocenters. The molecule has 3 rings (SSSR count). The van der Waals surface area contributed by atoms with Crippen LogP contribution in [0.2, 0.25) is 0 Å². The molecule has 2 aromatic rings. The first-order valence-electron chi connectivity index (χ1n) is 7.05. The Morgan fingerprint density at radius 2 is 1.90 bits per heavy atom. The fraction of sp³-hybridized carbons (Fsp3) is 0.222. The molecule has 0 aromatic heterocycles. The lowest BCUT2D eigenvalue weighted by Gasteiger charge is -2.22. The molecular formula is C18H17NO2. The van der Waals surface area contributed by atoms with E-state index in [1.165, 1.54) is 5.56 Å². The van der Waals surface area contributed by atoms with Crippen LogP contribution in [-0.4, -0.2) is 17.0 Å². The molecule has 0 radical (unpaired) electrons. The standard InChI is InChI=1S/C18H17NO2/c1-13-6-8-14(9-7-13)10-19-11-15-4-2-3-5-16(15)18(19)17(21)12-20/h2-9,12,18H,10-11H2,1H3. The van der Waals surface area contributed by atoms with E-state index < -0.39 is 6.04 Å². The van der Waals surface area contributed by atoms with Gasteiger partial charge in [-0.3, -0.25) is 14.5 Å². The maximum absolute atomic E-state index is 12.0. The zero-order chi connectivity index (χ0) is 14.8. The fourth-order valence-electron chi connectivity index (χ4n) is 2.92. The number of ketones is 1. The third-order valence-corrected chi connectivity index (χ3v) is 3.98. The molecule has 1 atom stereocenters. The molecule has 1 aliphatic rings. The van der Waals surface area contributed by atoms with E-state index in [0.717, 1.165) is 16.7 Å². The number of aldehydes is 1. The molecule has 0 aliphatic carbocycles. The van der Waals surface area contributed by atoms with E-state index >= 15 is 0 Å². The highest BCUT2D eigenvalue weighted by Crippen LogP contribution is 2.34.